The summed E-state index contributed by atoms with van der Waals surface area (Å²) in [6, 6.07) is 3.62. The topological polar surface area (TPSA) is 108 Å². The van der Waals surface area contributed by atoms with E-state index in [1.54, 1.807) is 11.5 Å². The molecule has 37 heavy (non-hydrogen) atoms. The number of rotatable bonds is 6. The fraction of sp³-hybridized carbons (Fsp3) is 0.261. The Kier molecular flexibility index (Phi) is 6.44. The summed E-state index contributed by atoms with van der Waals surface area (Å²) in [6.45, 7) is 5.30. The summed E-state index contributed by atoms with van der Waals surface area (Å²) in [5.74, 6) is -2.14. The van der Waals surface area contributed by atoms with Crippen LogP contribution in [0.4, 0.5) is 39.3 Å². The van der Waals surface area contributed by atoms with Gasteiger partial charge in [0.25, 0.3) is 0 Å². The minimum Gasteiger partial charge on any atom is -0.494 e. The fourth-order valence-corrected chi connectivity index (χ4v) is 4.00. The zero-order valence-electron chi connectivity index (χ0n) is 19.8. The Morgan fingerprint density at radius 1 is 1.11 bits per heavy atom. The summed E-state index contributed by atoms with van der Waals surface area (Å²) in [6.07, 6.45) is -4.39. The Labute approximate surface area is 206 Å². The van der Waals surface area contributed by atoms with Crippen LogP contribution in [0.25, 0.3) is 22.3 Å². The predicted molar refractivity (Wildman–Crippen MR) is 124 cm³/mol. The zero-order chi connectivity index (χ0) is 27.2. The molecule has 4 aromatic rings. The number of alkyl halides is 3. The molecule has 0 atom stereocenters. The van der Waals surface area contributed by atoms with Crippen LogP contribution in [-0.4, -0.2) is 31.6 Å². The average molecular weight is 522 g/mol. The van der Waals surface area contributed by atoms with E-state index in [-0.39, 0.29) is 34.1 Å². The molecule has 2 heterocycles. The van der Waals surface area contributed by atoms with E-state index in [0.29, 0.717) is 12.0 Å². The van der Waals surface area contributed by atoms with Crippen molar-refractivity contribution in [3.8, 4) is 17.0 Å². The lowest BCUT2D eigenvalue weighted by atomic mass is 10.1. The van der Waals surface area contributed by atoms with Crippen molar-refractivity contribution >= 4 is 28.4 Å². The minimum atomic E-state index is -4.89. The maximum Gasteiger partial charge on any atom is 0.419 e. The second kappa shape index (κ2) is 9.26. The lowest BCUT2D eigenvalue weighted by Gasteiger charge is -2.16. The summed E-state index contributed by atoms with van der Waals surface area (Å²) in [5, 5.41) is 13.7. The molecule has 0 spiro atoms. The van der Waals surface area contributed by atoms with Gasteiger partial charge in [-0.2, -0.15) is 17.6 Å². The third-order valence-electron chi connectivity index (χ3n) is 5.52. The summed E-state index contributed by atoms with van der Waals surface area (Å²) < 4.78 is 77.3. The summed E-state index contributed by atoms with van der Waals surface area (Å²) in [7, 11) is 1.17. The van der Waals surface area contributed by atoms with Crippen molar-refractivity contribution in [2.75, 3.05) is 12.4 Å². The first-order chi connectivity index (χ1) is 17.3. The number of aryl methyl sites for hydroxylation is 1. The number of fused-ring (bicyclic) bond motifs is 1. The number of nitrogens with zero attached hydrogens (tertiary/aromatic N) is 5. The van der Waals surface area contributed by atoms with Crippen LogP contribution in [0.15, 0.2) is 30.5 Å². The Morgan fingerprint density at radius 2 is 1.81 bits per heavy atom. The van der Waals surface area contributed by atoms with Crippen LogP contribution >= 0.6 is 0 Å². The molecule has 0 unspecified atom stereocenters. The largest absolute Gasteiger partial charge is 0.494 e. The van der Waals surface area contributed by atoms with Crippen LogP contribution in [0.3, 0.4) is 0 Å². The van der Waals surface area contributed by atoms with Crippen LogP contribution in [0, 0.1) is 28.7 Å². The van der Waals surface area contributed by atoms with Gasteiger partial charge in [-0.15, -0.1) is 0 Å². The minimum absolute atomic E-state index is 0.000675. The number of ether oxygens (including phenoxy) is 1. The Hall–Kier alpha value is -4.36. The van der Waals surface area contributed by atoms with Gasteiger partial charge in [0, 0.05) is 29.9 Å². The van der Waals surface area contributed by atoms with Crippen LogP contribution in [0.1, 0.15) is 31.3 Å². The average Bonchev–Trinajstić information content (AvgIpc) is 3.15. The highest BCUT2D eigenvalue weighted by Gasteiger charge is 2.36. The van der Waals surface area contributed by atoms with Gasteiger partial charge in [-0.3, -0.25) is 10.1 Å². The molecule has 0 aliphatic heterocycles. The number of imidazole rings is 1. The Balaban J connectivity index is 1.91. The molecule has 9 nitrogen and oxygen atoms in total. The highest BCUT2D eigenvalue weighted by Crippen LogP contribution is 2.39. The molecule has 1 N–H and O–H groups in total. The van der Waals surface area contributed by atoms with Crippen LogP contribution in [-0.2, 0) is 6.18 Å². The number of anilines is 2. The number of aromatic nitrogens is 4. The molecule has 0 bridgehead atoms. The number of benzene rings is 2. The lowest BCUT2D eigenvalue weighted by Crippen LogP contribution is -2.11. The zero-order valence-corrected chi connectivity index (χ0v) is 19.8. The summed E-state index contributed by atoms with van der Waals surface area (Å²) >= 11 is 0. The SMILES string of the molecule is COc1cc(F)c([N+](=O)[O-])cc1Nc1ncc(C(F)(F)F)c(-c2cc(F)c3nc(C)n(C(C)C)c3c2)n1. The van der Waals surface area contributed by atoms with E-state index in [1.165, 1.54) is 13.2 Å². The van der Waals surface area contributed by atoms with Gasteiger partial charge in [-0.05, 0) is 32.9 Å². The van der Waals surface area contributed by atoms with E-state index in [4.69, 9.17) is 4.74 Å². The van der Waals surface area contributed by atoms with Crippen molar-refractivity contribution in [1.29, 1.82) is 0 Å². The molecular formula is C23H19F5N6O3. The van der Waals surface area contributed by atoms with E-state index in [9.17, 15) is 32.1 Å². The summed E-state index contributed by atoms with van der Waals surface area (Å²) in [5.41, 5.74) is -2.87. The normalized spacial score (nSPS) is 11.8. The predicted octanol–water partition coefficient (Wildman–Crippen LogP) is 6.34. The maximum absolute atomic E-state index is 15.0. The number of nitrogens with one attached hydrogen (secondary N) is 1. The molecule has 0 amide bonds. The van der Waals surface area contributed by atoms with E-state index in [0.717, 1.165) is 18.2 Å². The molecular weight excluding hydrogens is 503 g/mol. The fourth-order valence-electron chi connectivity index (χ4n) is 4.00. The molecule has 14 heteroatoms. The van der Waals surface area contributed by atoms with Gasteiger partial charge in [-0.1, -0.05) is 0 Å². The first kappa shape index (κ1) is 25.7. The number of halogens is 5. The number of hydrogen-bond donors (Lipinski definition) is 1. The molecule has 0 saturated carbocycles. The van der Waals surface area contributed by atoms with Gasteiger partial charge in [0.1, 0.15) is 22.7 Å². The van der Waals surface area contributed by atoms with Crippen molar-refractivity contribution in [1.82, 2.24) is 19.5 Å². The van der Waals surface area contributed by atoms with Gasteiger partial charge in [0.2, 0.25) is 11.8 Å². The molecule has 0 radical (unpaired) electrons. The molecule has 0 aliphatic carbocycles. The van der Waals surface area contributed by atoms with E-state index in [1.807, 2.05) is 13.8 Å². The molecule has 4 rings (SSSR count). The smallest absolute Gasteiger partial charge is 0.419 e. The number of methoxy groups -OCH3 is 1. The Bertz CT molecular complexity index is 1530. The quantitative estimate of drug-likeness (QED) is 0.179. The monoisotopic (exact) mass is 522 g/mol. The van der Waals surface area contributed by atoms with Crippen molar-refractivity contribution in [3.05, 3.63) is 63.6 Å². The number of nitro groups is 1. The van der Waals surface area contributed by atoms with Crippen molar-refractivity contribution in [2.24, 2.45) is 0 Å². The van der Waals surface area contributed by atoms with Crippen molar-refractivity contribution < 1.29 is 31.6 Å². The van der Waals surface area contributed by atoms with Crippen LogP contribution in [0.5, 0.6) is 5.75 Å². The van der Waals surface area contributed by atoms with E-state index in [2.05, 4.69) is 20.3 Å². The molecule has 2 aromatic heterocycles. The first-order valence-corrected chi connectivity index (χ1v) is 10.7. The first-order valence-electron chi connectivity index (χ1n) is 10.7. The van der Waals surface area contributed by atoms with Crippen LogP contribution < -0.4 is 10.1 Å². The maximum atomic E-state index is 15.0. The lowest BCUT2D eigenvalue weighted by molar-refractivity contribution is -0.387. The molecule has 194 valence electrons. The van der Waals surface area contributed by atoms with Crippen molar-refractivity contribution in [2.45, 2.75) is 33.0 Å². The third kappa shape index (κ3) is 4.73. The van der Waals surface area contributed by atoms with Gasteiger partial charge in [0.15, 0.2) is 5.82 Å². The van der Waals surface area contributed by atoms with Gasteiger partial charge in [-0.25, -0.2) is 19.3 Å². The second-order valence-corrected chi connectivity index (χ2v) is 8.29. The third-order valence-corrected chi connectivity index (χ3v) is 5.52. The Morgan fingerprint density at radius 3 is 2.41 bits per heavy atom. The molecule has 0 aliphatic rings. The van der Waals surface area contributed by atoms with Gasteiger partial charge in [0.05, 0.1) is 28.9 Å². The molecule has 0 fully saturated rings. The number of nitro benzene ring substituents is 1. The summed E-state index contributed by atoms with van der Waals surface area (Å²) in [4.78, 5) is 22.0. The van der Waals surface area contributed by atoms with Gasteiger partial charge >= 0.3 is 11.9 Å². The van der Waals surface area contributed by atoms with E-state index < -0.39 is 45.6 Å². The van der Waals surface area contributed by atoms with Gasteiger partial charge < -0.3 is 14.6 Å². The standard InChI is InChI=1S/C23H19F5N6O3/c1-10(2)33-11(3)30-21-15(25)5-12(6-18(21)33)20-13(23(26,27)28)9-29-22(32-20)31-16-8-17(34(35)36)14(24)7-19(16)37-4/h5-10H,1-4H3,(H,29,31,32). The van der Waals surface area contributed by atoms with E-state index >= 15 is 0 Å². The van der Waals surface area contributed by atoms with Crippen molar-refractivity contribution in [3.63, 3.8) is 0 Å². The number of hydrogen-bond acceptors (Lipinski definition) is 7. The highest BCUT2D eigenvalue weighted by atomic mass is 19.4. The van der Waals surface area contributed by atoms with Crippen LogP contribution in [0.2, 0.25) is 0 Å². The highest BCUT2D eigenvalue weighted by molar-refractivity contribution is 5.84. The molecule has 2 aromatic carbocycles. The molecule has 0 saturated heterocycles. The second-order valence-electron chi connectivity index (χ2n) is 8.29.